The molecule has 0 N–H and O–H groups in total. The number of Topliss-reactive ketones (excluding diaryl/α,β-unsaturated/α-hetero) is 1. The summed E-state index contributed by atoms with van der Waals surface area (Å²) < 4.78 is 4.57. The molecule has 0 saturated heterocycles. The topological polar surface area (TPSA) is 43.4 Å². The van der Waals surface area contributed by atoms with Gasteiger partial charge in [0.15, 0.2) is 0 Å². The number of methoxy groups -OCH3 is 1. The van der Waals surface area contributed by atoms with E-state index in [1.54, 1.807) is 0 Å². The highest BCUT2D eigenvalue weighted by atomic mass is 16.5. The second kappa shape index (κ2) is 5.75. The van der Waals surface area contributed by atoms with Gasteiger partial charge in [-0.05, 0) is 13.3 Å². The maximum Gasteiger partial charge on any atom is 0.309 e. The van der Waals surface area contributed by atoms with E-state index in [2.05, 4.69) is 4.74 Å². The van der Waals surface area contributed by atoms with Gasteiger partial charge < -0.3 is 9.53 Å². The van der Waals surface area contributed by atoms with Crippen LogP contribution in [-0.4, -0.2) is 18.9 Å². The molecular weight excluding hydrogens is 156 g/mol. The van der Waals surface area contributed by atoms with Crippen LogP contribution in [0.3, 0.4) is 0 Å². The molecule has 0 rings (SSSR count). The molecule has 0 aromatic carbocycles. The molecule has 3 nitrogen and oxygen atoms in total. The van der Waals surface area contributed by atoms with Crippen LogP contribution in [0, 0.1) is 5.92 Å². The van der Waals surface area contributed by atoms with Crippen LogP contribution in [0.1, 0.15) is 33.1 Å². The lowest BCUT2D eigenvalue weighted by molar-refractivity contribution is -0.147. The quantitative estimate of drug-likeness (QED) is 0.591. The SMILES string of the molecule is CCCC(CC(C)=O)C(=O)OC. The molecule has 70 valence electrons. The Kier molecular flexibility index (Phi) is 5.34. The fourth-order valence-electron chi connectivity index (χ4n) is 1.17. The molecule has 0 radical (unpaired) electrons. The summed E-state index contributed by atoms with van der Waals surface area (Å²) in [7, 11) is 1.35. The maximum atomic E-state index is 11.1. The number of carbonyl (C=O) groups is 2. The summed E-state index contributed by atoms with van der Waals surface area (Å²) in [5.41, 5.74) is 0. The summed E-state index contributed by atoms with van der Waals surface area (Å²) in [6, 6.07) is 0. The zero-order chi connectivity index (χ0) is 9.56. The molecule has 1 atom stereocenters. The van der Waals surface area contributed by atoms with E-state index >= 15 is 0 Å². The third-order valence-electron chi connectivity index (χ3n) is 1.71. The van der Waals surface area contributed by atoms with E-state index in [4.69, 9.17) is 0 Å². The molecule has 3 heteroatoms. The predicted octanol–water partition coefficient (Wildman–Crippen LogP) is 1.55. The third kappa shape index (κ3) is 4.11. The minimum Gasteiger partial charge on any atom is -0.469 e. The second-order valence-electron chi connectivity index (χ2n) is 2.91. The minimum absolute atomic E-state index is 0.0406. The van der Waals surface area contributed by atoms with E-state index in [-0.39, 0.29) is 17.7 Å². The summed E-state index contributed by atoms with van der Waals surface area (Å²) in [6.45, 7) is 3.47. The number of carbonyl (C=O) groups excluding carboxylic acids is 2. The van der Waals surface area contributed by atoms with Crippen LogP contribution in [0.25, 0.3) is 0 Å². The van der Waals surface area contributed by atoms with Gasteiger partial charge in [0.05, 0.1) is 13.0 Å². The molecule has 0 amide bonds. The van der Waals surface area contributed by atoms with Gasteiger partial charge in [0, 0.05) is 6.42 Å². The summed E-state index contributed by atoms with van der Waals surface area (Å²) in [5, 5.41) is 0. The molecule has 1 unspecified atom stereocenters. The highest BCUT2D eigenvalue weighted by Gasteiger charge is 2.19. The summed E-state index contributed by atoms with van der Waals surface area (Å²) >= 11 is 0. The molecule has 0 bridgehead atoms. The van der Waals surface area contributed by atoms with E-state index in [1.165, 1.54) is 14.0 Å². The maximum absolute atomic E-state index is 11.1. The summed E-state index contributed by atoms with van der Waals surface area (Å²) in [5.74, 6) is -0.469. The van der Waals surface area contributed by atoms with E-state index in [9.17, 15) is 9.59 Å². The van der Waals surface area contributed by atoms with Gasteiger partial charge in [-0.1, -0.05) is 13.3 Å². The van der Waals surface area contributed by atoms with E-state index in [1.807, 2.05) is 6.92 Å². The van der Waals surface area contributed by atoms with Crippen LogP contribution in [0.5, 0.6) is 0 Å². The Morgan fingerprint density at radius 2 is 2.00 bits per heavy atom. The first-order chi connectivity index (χ1) is 5.61. The van der Waals surface area contributed by atoms with Crippen molar-refractivity contribution < 1.29 is 14.3 Å². The first-order valence-electron chi connectivity index (χ1n) is 4.19. The highest BCUT2D eigenvalue weighted by molar-refractivity contribution is 5.82. The van der Waals surface area contributed by atoms with Crippen molar-refractivity contribution in [1.82, 2.24) is 0 Å². The monoisotopic (exact) mass is 172 g/mol. The Labute approximate surface area is 73.1 Å². The van der Waals surface area contributed by atoms with E-state index in [0.717, 1.165) is 12.8 Å². The molecule has 0 saturated carbocycles. The van der Waals surface area contributed by atoms with Gasteiger partial charge in [-0.3, -0.25) is 4.79 Å². The van der Waals surface area contributed by atoms with Gasteiger partial charge in [0.1, 0.15) is 5.78 Å². The lowest BCUT2D eigenvalue weighted by atomic mass is 9.98. The first kappa shape index (κ1) is 11.1. The largest absolute Gasteiger partial charge is 0.469 e. The number of ether oxygens (including phenoxy) is 1. The van der Waals surface area contributed by atoms with Crippen molar-refractivity contribution in [1.29, 1.82) is 0 Å². The van der Waals surface area contributed by atoms with Crippen LogP contribution < -0.4 is 0 Å². The minimum atomic E-state index is -0.271. The van der Waals surface area contributed by atoms with Crippen molar-refractivity contribution >= 4 is 11.8 Å². The zero-order valence-electron chi connectivity index (χ0n) is 7.92. The van der Waals surface area contributed by atoms with Gasteiger partial charge in [-0.2, -0.15) is 0 Å². The molecule has 0 aliphatic rings. The van der Waals surface area contributed by atoms with Crippen molar-refractivity contribution in [2.45, 2.75) is 33.1 Å². The van der Waals surface area contributed by atoms with Crippen LogP contribution in [-0.2, 0) is 14.3 Å². The van der Waals surface area contributed by atoms with Crippen LogP contribution in [0.4, 0.5) is 0 Å². The highest BCUT2D eigenvalue weighted by Crippen LogP contribution is 2.13. The fraction of sp³-hybridized carbons (Fsp3) is 0.778. The zero-order valence-corrected chi connectivity index (χ0v) is 7.92. The average molecular weight is 172 g/mol. The van der Waals surface area contributed by atoms with Crippen molar-refractivity contribution in [2.75, 3.05) is 7.11 Å². The van der Waals surface area contributed by atoms with Gasteiger partial charge in [0.25, 0.3) is 0 Å². The van der Waals surface area contributed by atoms with Crippen molar-refractivity contribution in [3.05, 3.63) is 0 Å². The van der Waals surface area contributed by atoms with Crippen LogP contribution in [0.2, 0.25) is 0 Å². The molecular formula is C9H16O3. The number of hydrogen-bond acceptors (Lipinski definition) is 3. The molecule has 0 spiro atoms. The number of rotatable bonds is 5. The lowest BCUT2D eigenvalue weighted by Crippen LogP contribution is -2.18. The smallest absolute Gasteiger partial charge is 0.309 e. The Bertz CT molecular complexity index is 163. The molecule has 0 aliphatic carbocycles. The van der Waals surface area contributed by atoms with Crippen molar-refractivity contribution in [3.8, 4) is 0 Å². The Balaban J connectivity index is 4.02. The molecule has 0 aromatic rings. The van der Waals surface area contributed by atoms with Gasteiger partial charge in [-0.25, -0.2) is 0 Å². The third-order valence-corrected chi connectivity index (χ3v) is 1.71. The molecule has 0 fully saturated rings. The Morgan fingerprint density at radius 1 is 1.42 bits per heavy atom. The van der Waals surface area contributed by atoms with Gasteiger partial charge in [0.2, 0.25) is 0 Å². The molecule has 0 aliphatic heterocycles. The molecule has 0 heterocycles. The predicted molar refractivity (Wildman–Crippen MR) is 45.7 cm³/mol. The number of ketones is 1. The second-order valence-corrected chi connectivity index (χ2v) is 2.91. The number of hydrogen-bond donors (Lipinski definition) is 0. The normalized spacial score (nSPS) is 12.2. The summed E-state index contributed by atoms with van der Waals surface area (Å²) in [6.07, 6.45) is 1.93. The van der Waals surface area contributed by atoms with Gasteiger partial charge in [-0.15, -0.1) is 0 Å². The molecule has 0 aromatic heterocycles. The lowest BCUT2D eigenvalue weighted by Gasteiger charge is -2.10. The Morgan fingerprint density at radius 3 is 2.33 bits per heavy atom. The van der Waals surface area contributed by atoms with Crippen LogP contribution >= 0.6 is 0 Å². The van der Waals surface area contributed by atoms with Gasteiger partial charge >= 0.3 is 5.97 Å². The first-order valence-corrected chi connectivity index (χ1v) is 4.19. The number of esters is 1. The van der Waals surface area contributed by atoms with E-state index < -0.39 is 0 Å². The van der Waals surface area contributed by atoms with E-state index in [0.29, 0.717) is 6.42 Å². The average Bonchev–Trinajstić information content (AvgIpc) is 2.01. The molecule has 12 heavy (non-hydrogen) atoms. The fourth-order valence-corrected chi connectivity index (χ4v) is 1.17. The van der Waals surface area contributed by atoms with Crippen molar-refractivity contribution in [3.63, 3.8) is 0 Å². The van der Waals surface area contributed by atoms with Crippen LogP contribution in [0.15, 0.2) is 0 Å². The summed E-state index contributed by atoms with van der Waals surface area (Å²) in [4.78, 5) is 21.8. The standard InChI is InChI=1S/C9H16O3/c1-4-5-8(6-7(2)10)9(11)12-3/h8H,4-6H2,1-3H3. The van der Waals surface area contributed by atoms with Crippen molar-refractivity contribution in [2.24, 2.45) is 5.92 Å². The Hall–Kier alpha value is -0.860.